The van der Waals surface area contributed by atoms with Gasteiger partial charge in [-0.1, -0.05) is 20.4 Å². The zero-order valence-corrected chi connectivity index (χ0v) is 15.8. The Morgan fingerprint density at radius 2 is 1.96 bits per heavy atom. The van der Waals surface area contributed by atoms with E-state index in [2.05, 4.69) is 21.9 Å². The van der Waals surface area contributed by atoms with Crippen LogP contribution >= 0.6 is 0 Å². The number of H-pyrrole nitrogens is 1. The summed E-state index contributed by atoms with van der Waals surface area (Å²) in [5.74, 6) is -3.60. The summed E-state index contributed by atoms with van der Waals surface area (Å²) in [6.07, 6.45) is 2.87. The monoisotopic (exact) mass is 390 g/mol. The zero-order chi connectivity index (χ0) is 21.2. The van der Waals surface area contributed by atoms with Gasteiger partial charge >= 0.3 is 6.03 Å². The molecule has 1 aromatic heterocycles. The van der Waals surface area contributed by atoms with E-state index in [0.29, 0.717) is 15.5 Å². The molecule has 2 unspecified atom stereocenters. The first-order valence-corrected chi connectivity index (χ1v) is 8.50. The van der Waals surface area contributed by atoms with Crippen molar-refractivity contribution >= 4 is 29.7 Å². The van der Waals surface area contributed by atoms with Crippen LogP contribution in [-0.4, -0.2) is 61.5 Å². The Labute approximate surface area is 160 Å². The molecule has 11 heteroatoms. The van der Waals surface area contributed by atoms with Gasteiger partial charge in [-0.3, -0.25) is 19.2 Å². The topological polar surface area (TPSA) is 159 Å². The molecule has 28 heavy (non-hydrogen) atoms. The van der Waals surface area contributed by atoms with E-state index in [1.54, 1.807) is 13.8 Å². The first kappa shape index (κ1) is 20.8. The Morgan fingerprint density at radius 3 is 2.43 bits per heavy atom. The molecule has 0 aliphatic carbocycles. The van der Waals surface area contributed by atoms with Crippen LogP contribution in [0.2, 0.25) is 0 Å². The third-order valence-corrected chi connectivity index (χ3v) is 4.21. The standard InChI is InChI=1S/C17H22N6O5/c1-8(2)13(14(18)25)23-15(26)9(3)22(17(23)28)16(27)12(21-10(4)24)5-11-6-19-7-20-11/h6-8,12-13H,3,5H2,1-2,4H3,(H2,18,25)(H,19,20)(H,21,24). The average Bonchev–Trinajstić information content (AvgIpc) is 3.16. The number of carbonyl (C=O) groups is 5. The third kappa shape index (κ3) is 3.92. The Kier molecular flexibility index (Phi) is 5.96. The Hall–Kier alpha value is -3.50. The Bertz CT molecular complexity index is 831. The van der Waals surface area contributed by atoms with Crippen LogP contribution in [0.4, 0.5) is 4.79 Å². The van der Waals surface area contributed by atoms with Crippen molar-refractivity contribution in [2.45, 2.75) is 39.3 Å². The van der Waals surface area contributed by atoms with E-state index in [9.17, 15) is 24.0 Å². The number of amides is 6. The number of hydrogen-bond donors (Lipinski definition) is 3. The molecule has 1 aliphatic rings. The van der Waals surface area contributed by atoms with Crippen molar-refractivity contribution < 1.29 is 24.0 Å². The normalized spacial score (nSPS) is 16.5. The summed E-state index contributed by atoms with van der Waals surface area (Å²) >= 11 is 0. The minimum absolute atomic E-state index is 0.00704. The second-order valence-electron chi connectivity index (χ2n) is 6.70. The number of aromatic amines is 1. The largest absolute Gasteiger partial charge is 0.368 e. The number of nitrogens with two attached hydrogens (primary N) is 1. The third-order valence-electron chi connectivity index (χ3n) is 4.21. The molecule has 0 radical (unpaired) electrons. The maximum absolute atomic E-state index is 13.0. The number of imidazole rings is 1. The molecule has 6 amide bonds. The van der Waals surface area contributed by atoms with Crippen molar-refractivity contribution in [2.75, 3.05) is 0 Å². The number of hydrogen-bond acceptors (Lipinski definition) is 6. The predicted octanol–water partition coefficient (Wildman–Crippen LogP) is -0.729. The van der Waals surface area contributed by atoms with Crippen LogP contribution in [-0.2, 0) is 25.6 Å². The van der Waals surface area contributed by atoms with Crippen molar-refractivity contribution in [1.82, 2.24) is 25.1 Å². The van der Waals surface area contributed by atoms with E-state index in [4.69, 9.17) is 5.73 Å². The van der Waals surface area contributed by atoms with Crippen LogP contribution in [0.1, 0.15) is 26.5 Å². The molecular formula is C17H22N6O5. The second kappa shape index (κ2) is 8.03. The van der Waals surface area contributed by atoms with Gasteiger partial charge in [0.15, 0.2) is 0 Å². The lowest BCUT2D eigenvalue weighted by atomic mass is 10.0. The van der Waals surface area contributed by atoms with E-state index in [0.717, 1.165) is 0 Å². The SMILES string of the molecule is C=C1C(=O)N(C(C(N)=O)C(C)C)C(=O)N1C(=O)C(Cc1cnc[nH]1)NC(C)=O. The molecule has 0 saturated carbocycles. The molecule has 1 aromatic rings. The lowest BCUT2D eigenvalue weighted by Crippen LogP contribution is -2.53. The van der Waals surface area contributed by atoms with Crippen molar-refractivity contribution in [2.24, 2.45) is 11.7 Å². The maximum atomic E-state index is 13.0. The van der Waals surface area contributed by atoms with Gasteiger partial charge in [0.25, 0.3) is 11.8 Å². The summed E-state index contributed by atoms with van der Waals surface area (Å²) in [4.78, 5) is 69.5. The summed E-state index contributed by atoms with van der Waals surface area (Å²) in [6.45, 7) is 7.95. The first-order valence-electron chi connectivity index (χ1n) is 8.50. The number of nitrogens with zero attached hydrogens (tertiary/aromatic N) is 3. The van der Waals surface area contributed by atoms with Gasteiger partial charge in [-0.15, -0.1) is 0 Å². The molecule has 0 spiro atoms. The molecular weight excluding hydrogens is 368 g/mol. The minimum Gasteiger partial charge on any atom is -0.368 e. The second-order valence-corrected chi connectivity index (χ2v) is 6.70. The van der Waals surface area contributed by atoms with E-state index >= 15 is 0 Å². The van der Waals surface area contributed by atoms with Crippen LogP contribution in [0.3, 0.4) is 0 Å². The van der Waals surface area contributed by atoms with Crippen LogP contribution in [0.25, 0.3) is 0 Å². The molecule has 2 heterocycles. The molecule has 11 nitrogen and oxygen atoms in total. The van der Waals surface area contributed by atoms with Crippen LogP contribution in [0.5, 0.6) is 0 Å². The van der Waals surface area contributed by atoms with Crippen LogP contribution in [0.15, 0.2) is 24.8 Å². The number of imide groups is 2. The summed E-state index contributed by atoms with van der Waals surface area (Å²) in [6, 6.07) is -3.42. The van der Waals surface area contributed by atoms with Crippen molar-refractivity contribution in [3.05, 3.63) is 30.5 Å². The predicted molar refractivity (Wildman–Crippen MR) is 95.9 cm³/mol. The molecule has 0 aromatic carbocycles. The van der Waals surface area contributed by atoms with Gasteiger partial charge in [0.1, 0.15) is 17.8 Å². The average molecular weight is 390 g/mol. The van der Waals surface area contributed by atoms with E-state index in [-0.39, 0.29) is 6.42 Å². The number of nitrogens with one attached hydrogen (secondary N) is 2. The molecule has 4 N–H and O–H groups in total. The number of carbonyl (C=O) groups excluding carboxylic acids is 5. The molecule has 1 aliphatic heterocycles. The van der Waals surface area contributed by atoms with Crippen LogP contribution in [0, 0.1) is 5.92 Å². The fourth-order valence-electron chi connectivity index (χ4n) is 2.99. The molecule has 2 rings (SSSR count). The highest BCUT2D eigenvalue weighted by molar-refractivity contribution is 6.20. The Balaban J connectivity index is 2.35. The lowest BCUT2D eigenvalue weighted by molar-refractivity contribution is -0.133. The maximum Gasteiger partial charge on any atom is 0.339 e. The molecule has 1 fully saturated rings. The van der Waals surface area contributed by atoms with Crippen LogP contribution < -0.4 is 11.1 Å². The highest BCUT2D eigenvalue weighted by Crippen LogP contribution is 2.26. The van der Waals surface area contributed by atoms with E-state index < -0.39 is 53.4 Å². The minimum atomic E-state index is -1.23. The van der Waals surface area contributed by atoms with Gasteiger partial charge in [-0.2, -0.15) is 0 Å². The number of urea groups is 1. The fraction of sp³-hybridized carbons (Fsp3) is 0.412. The van der Waals surface area contributed by atoms with E-state index in [1.165, 1.54) is 19.4 Å². The summed E-state index contributed by atoms with van der Waals surface area (Å²) in [5, 5.41) is 2.45. The molecule has 150 valence electrons. The van der Waals surface area contributed by atoms with Gasteiger partial charge in [0.05, 0.1) is 6.33 Å². The highest BCUT2D eigenvalue weighted by Gasteiger charge is 2.50. The Morgan fingerprint density at radius 1 is 1.32 bits per heavy atom. The van der Waals surface area contributed by atoms with Gasteiger partial charge in [0.2, 0.25) is 11.8 Å². The van der Waals surface area contributed by atoms with Crippen molar-refractivity contribution in [3.8, 4) is 0 Å². The van der Waals surface area contributed by atoms with Gasteiger partial charge in [0, 0.05) is 25.2 Å². The zero-order valence-electron chi connectivity index (χ0n) is 15.8. The summed E-state index contributed by atoms with van der Waals surface area (Å²) in [7, 11) is 0. The summed E-state index contributed by atoms with van der Waals surface area (Å²) < 4.78 is 0. The highest BCUT2D eigenvalue weighted by atomic mass is 16.2. The van der Waals surface area contributed by atoms with Gasteiger partial charge in [-0.05, 0) is 5.92 Å². The lowest BCUT2D eigenvalue weighted by Gasteiger charge is -2.26. The fourth-order valence-corrected chi connectivity index (χ4v) is 2.99. The summed E-state index contributed by atoms with van der Waals surface area (Å²) in [5.41, 5.74) is 5.46. The van der Waals surface area contributed by atoms with E-state index in [1.807, 2.05) is 0 Å². The van der Waals surface area contributed by atoms with Gasteiger partial charge < -0.3 is 16.0 Å². The number of aromatic nitrogens is 2. The number of primary amides is 1. The van der Waals surface area contributed by atoms with Crippen molar-refractivity contribution in [3.63, 3.8) is 0 Å². The van der Waals surface area contributed by atoms with Crippen molar-refractivity contribution in [1.29, 1.82) is 0 Å². The molecule has 1 saturated heterocycles. The first-order chi connectivity index (χ1) is 13.1. The smallest absolute Gasteiger partial charge is 0.339 e. The van der Waals surface area contributed by atoms with Gasteiger partial charge in [-0.25, -0.2) is 19.6 Å². The number of rotatable bonds is 7. The molecule has 0 bridgehead atoms. The quantitative estimate of drug-likeness (QED) is 0.411. The molecule has 2 atom stereocenters.